The monoisotopic (exact) mass is 265 g/mol. The van der Waals surface area contributed by atoms with Gasteiger partial charge in [0.25, 0.3) is 0 Å². The molecule has 19 heavy (non-hydrogen) atoms. The molecule has 0 radical (unpaired) electrons. The van der Waals surface area contributed by atoms with Crippen molar-refractivity contribution in [1.29, 1.82) is 0 Å². The number of hydrogen-bond acceptors (Lipinski definition) is 3. The minimum atomic E-state index is -1.24. The zero-order chi connectivity index (χ0) is 14.3. The highest BCUT2D eigenvalue weighted by molar-refractivity contribution is 5.85. The fourth-order valence-electron chi connectivity index (χ4n) is 1.70. The highest BCUT2D eigenvalue weighted by Gasteiger charge is 2.33. The smallest absolute Gasteiger partial charge is 0.329 e. The van der Waals surface area contributed by atoms with Crippen molar-refractivity contribution in [3.05, 3.63) is 30.1 Å². The van der Waals surface area contributed by atoms with Crippen LogP contribution in [-0.4, -0.2) is 27.6 Å². The van der Waals surface area contributed by atoms with E-state index >= 15 is 0 Å². The van der Waals surface area contributed by atoms with Crippen molar-refractivity contribution in [3.8, 4) is 0 Å². The standard InChI is InChI=1S/C13H19N3O3/c1-3-6-13(2,11(17)18)16-12(19)15-9-10-4-7-14-8-5-10/h4-5,7-8H,3,6,9H2,1-2H3,(H,17,18)(H2,15,16,19). The number of nitrogens with zero attached hydrogens (tertiary/aromatic N) is 1. The molecule has 0 bridgehead atoms. The SMILES string of the molecule is CCCC(C)(NC(=O)NCc1ccncc1)C(=O)O. The van der Waals surface area contributed by atoms with Crippen LogP contribution >= 0.6 is 0 Å². The van der Waals surface area contributed by atoms with E-state index in [1.54, 1.807) is 24.5 Å². The number of urea groups is 1. The van der Waals surface area contributed by atoms with Crippen molar-refractivity contribution in [3.63, 3.8) is 0 Å². The van der Waals surface area contributed by atoms with Crippen molar-refractivity contribution >= 4 is 12.0 Å². The van der Waals surface area contributed by atoms with Crippen molar-refractivity contribution < 1.29 is 14.7 Å². The molecule has 0 saturated carbocycles. The topological polar surface area (TPSA) is 91.3 Å². The van der Waals surface area contributed by atoms with Crippen LogP contribution in [0.3, 0.4) is 0 Å². The third kappa shape index (κ3) is 4.57. The molecular formula is C13H19N3O3. The van der Waals surface area contributed by atoms with Gasteiger partial charge in [0.1, 0.15) is 5.54 Å². The van der Waals surface area contributed by atoms with Gasteiger partial charge in [-0.3, -0.25) is 4.98 Å². The fourth-order valence-corrected chi connectivity index (χ4v) is 1.70. The molecule has 0 aliphatic carbocycles. The van der Waals surface area contributed by atoms with Gasteiger partial charge >= 0.3 is 12.0 Å². The van der Waals surface area contributed by atoms with Crippen LogP contribution in [0, 0.1) is 0 Å². The molecule has 1 atom stereocenters. The predicted molar refractivity (Wildman–Crippen MR) is 70.6 cm³/mol. The van der Waals surface area contributed by atoms with E-state index in [1.165, 1.54) is 6.92 Å². The van der Waals surface area contributed by atoms with E-state index in [9.17, 15) is 9.59 Å². The summed E-state index contributed by atoms with van der Waals surface area (Å²) in [6, 6.07) is 3.07. The molecule has 1 rings (SSSR count). The van der Waals surface area contributed by atoms with Gasteiger partial charge in [-0.05, 0) is 31.0 Å². The van der Waals surface area contributed by atoms with Crippen LogP contribution < -0.4 is 10.6 Å². The lowest BCUT2D eigenvalue weighted by molar-refractivity contribution is -0.144. The van der Waals surface area contributed by atoms with Crippen molar-refractivity contribution in [2.75, 3.05) is 0 Å². The van der Waals surface area contributed by atoms with Gasteiger partial charge in [0, 0.05) is 18.9 Å². The van der Waals surface area contributed by atoms with Crippen LogP contribution in [0.5, 0.6) is 0 Å². The van der Waals surface area contributed by atoms with E-state index in [1.807, 2.05) is 6.92 Å². The summed E-state index contributed by atoms with van der Waals surface area (Å²) in [6.07, 6.45) is 4.32. The molecule has 104 valence electrons. The first kappa shape index (κ1) is 14.9. The molecule has 0 aromatic carbocycles. The van der Waals surface area contributed by atoms with Gasteiger partial charge in [-0.25, -0.2) is 9.59 Å². The van der Waals surface area contributed by atoms with E-state index in [2.05, 4.69) is 15.6 Å². The number of nitrogens with one attached hydrogen (secondary N) is 2. The Bertz CT molecular complexity index is 436. The summed E-state index contributed by atoms with van der Waals surface area (Å²) in [6.45, 7) is 3.71. The first-order valence-corrected chi connectivity index (χ1v) is 6.16. The summed E-state index contributed by atoms with van der Waals surface area (Å²) in [5, 5.41) is 14.3. The molecule has 1 aromatic rings. The van der Waals surface area contributed by atoms with Gasteiger partial charge in [0.15, 0.2) is 0 Å². The Kier molecular flexibility index (Phi) is 5.29. The molecule has 1 aromatic heterocycles. The molecule has 2 amide bonds. The molecule has 0 aliphatic rings. The lowest BCUT2D eigenvalue weighted by Crippen LogP contribution is -2.55. The number of aromatic nitrogens is 1. The molecule has 0 aliphatic heterocycles. The second-order valence-electron chi connectivity index (χ2n) is 4.55. The highest BCUT2D eigenvalue weighted by atomic mass is 16.4. The molecular weight excluding hydrogens is 246 g/mol. The quantitative estimate of drug-likeness (QED) is 0.727. The van der Waals surface area contributed by atoms with Gasteiger partial charge in [0.05, 0.1) is 0 Å². The Morgan fingerprint density at radius 2 is 2.00 bits per heavy atom. The maximum atomic E-state index is 11.7. The number of hydrogen-bond donors (Lipinski definition) is 3. The molecule has 3 N–H and O–H groups in total. The molecule has 6 nitrogen and oxygen atoms in total. The van der Waals surface area contributed by atoms with Gasteiger partial charge in [-0.1, -0.05) is 13.3 Å². The Labute approximate surface area is 112 Å². The van der Waals surface area contributed by atoms with Crippen LogP contribution in [0.25, 0.3) is 0 Å². The van der Waals surface area contributed by atoms with Gasteiger partial charge in [0.2, 0.25) is 0 Å². The lowest BCUT2D eigenvalue weighted by atomic mass is 9.97. The summed E-state index contributed by atoms with van der Waals surface area (Å²) < 4.78 is 0. The number of aliphatic carboxylic acids is 1. The predicted octanol–water partition coefficient (Wildman–Crippen LogP) is 1.52. The first-order valence-electron chi connectivity index (χ1n) is 6.16. The van der Waals surface area contributed by atoms with Crippen LogP contribution in [0.2, 0.25) is 0 Å². The zero-order valence-corrected chi connectivity index (χ0v) is 11.1. The van der Waals surface area contributed by atoms with E-state index in [-0.39, 0.29) is 0 Å². The number of pyridine rings is 1. The average molecular weight is 265 g/mol. The van der Waals surface area contributed by atoms with Gasteiger partial charge in [-0.2, -0.15) is 0 Å². The van der Waals surface area contributed by atoms with Crippen molar-refractivity contribution in [2.24, 2.45) is 0 Å². The normalized spacial score (nSPS) is 13.4. The summed E-state index contributed by atoms with van der Waals surface area (Å²) in [4.78, 5) is 26.8. The van der Waals surface area contributed by atoms with Crippen LogP contribution in [0.4, 0.5) is 4.79 Å². The molecule has 6 heteroatoms. The lowest BCUT2D eigenvalue weighted by Gasteiger charge is -2.25. The third-order valence-corrected chi connectivity index (χ3v) is 2.81. The maximum absolute atomic E-state index is 11.7. The molecule has 0 spiro atoms. The van der Waals surface area contributed by atoms with Crippen LogP contribution in [-0.2, 0) is 11.3 Å². The van der Waals surface area contributed by atoms with Gasteiger partial charge in [-0.15, -0.1) is 0 Å². The number of amides is 2. The summed E-state index contributed by atoms with van der Waals surface area (Å²) >= 11 is 0. The third-order valence-electron chi connectivity index (χ3n) is 2.81. The minimum Gasteiger partial charge on any atom is -0.480 e. The Hall–Kier alpha value is -2.11. The molecule has 1 unspecified atom stereocenters. The average Bonchev–Trinajstić information content (AvgIpc) is 2.37. The zero-order valence-electron chi connectivity index (χ0n) is 11.1. The highest BCUT2D eigenvalue weighted by Crippen LogP contribution is 2.12. The second-order valence-corrected chi connectivity index (χ2v) is 4.55. The second kappa shape index (κ2) is 6.72. The first-order chi connectivity index (χ1) is 8.98. The van der Waals surface area contributed by atoms with Crippen LogP contribution in [0.15, 0.2) is 24.5 Å². The Morgan fingerprint density at radius 1 is 1.37 bits per heavy atom. The van der Waals surface area contributed by atoms with Crippen molar-refractivity contribution in [2.45, 2.75) is 38.8 Å². The summed E-state index contributed by atoms with van der Waals surface area (Å²) in [5.41, 5.74) is -0.338. The fraction of sp³-hybridized carbons (Fsp3) is 0.462. The maximum Gasteiger partial charge on any atom is 0.329 e. The number of carbonyl (C=O) groups is 2. The van der Waals surface area contributed by atoms with E-state index in [0.717, 1.165) is 5.56 Å². The van der Waals surface area contributed by atoms with E-state index < -0.39 is 17.5 Å². The summed E-state index contributed by atoms with van der Waals surface area (Å²) in [5.74, 6) is -1.03. The van der Waals surface area contributed by atoms with E-state index in [4.69, 9.17) is 5.11 Å². The van der Waals surface area contributed by atoms with E-state index in [0.29, 0.717) is 19.4 Å². The number of carboxylic acid groups (broad SMARTS) is 1. The van der Waals surface area contributed by atoms with Crippen LogP contribution in [0.1, 0.15) is 32.3 Å². The number of rotatable bonds is 6. The number of carboxylic acids is 1. The minimum absolute atomic E-state index is 0.330. The number of carbonyl (C=O) groups excluding carboxylic acids is 1. The Balaban J connectivity index is 2.52. The van der Waals surface area contributed by atoms with Gasteiger partial charge < -0.3 is 15.7 Å². The van der Waals surface area contributed by atoms with Crippen molar-refractivity contribution in [1.82, 2.24) is 15.6 Å². The molecule has 0 fully saturated rings. The molecule has 0 saturated heterocycles. The largest absolute Gasteiger partial charge is 0.480 e. The Morgan fingerprint density at radius 3 is 2.53 bits per heavy atom. The summed E-state index contributed by atoms with van der Waals surface area (Å²) in [7, 11) is 0. The molecule has 1 heterocycles.